The highest BCUT2D eigenvalue weighted by Gasteiger charge is 2.34. The second kappa shape index (κ2) is 5.34. The number of carboxylic acids is 1. The molecular weight excluding hydrogens is 273 g/mol. The van der Waals surface area contributed by atoms with E-state index in [9.17, 15) is 22.8 Å². The Balaban J connectivity index is 2.88. The number of aryl methyl sites for hydroxylation is 1. The molecule has 0 unspecified atom stereocenters. The normalized spacial score (nSPS) is 11.3. The number of alkyl halides is 3. The minimum Gasteiger partial charge on any atom is -0.480 e. The Morgan fingerprint density at radius 3 is 2.50 bits per heavy atom. The maximum absolute atomic E-state index is 12.2. The van der Waals surface area contributed by atoms with Gasteiger partial charge in [-0.15, -0.1) is 11.3 Å². The number of nitrogens with zero attached hydrogens (tertiary/aromatic N) is 2. The van der Waals surface area contributed by atoms with Crippen LogP contribution < -0.4 is 0 Å². The predicted octanol–water partition coefficient (Wildman–Crippen LogP) is 1.54. The highest BCUT2D eigenvalue weighted by molar-refractivity contribution is 7.13. The van der Waals surface area contributed by atoms with E-state index in [4.69, 9.17) is 5.11 Å². The fraction of sp³-hybridized carbons (Fsp3) is 0.444. The van der Waals surface area contributed by atoms with Gasteiger partial charge in [-0.25, -0.2) is 4.98 Å². The number of carbonyl (C=O) groups excluding carboxylic acids is 1. The van der Waals surface area contributed by atoms with Crippen molar-refractivity contribution in [3.63, 3.8) is 0 Å². The average Bonchev–Trinajstić information content (AvgIpc) is 2.59. The molecular formula is C9H9F3N2O3S. The van der Waals surface area contributed by atoms with E-state index < -0.39 is 31.1 Å². The first-order chi connectivity index (χ1) is 8.19. The number of amides is 1. The summed E-state index contributed by atoms with van der Waals surface area (Å²) in [6.45, 7) is -1.02. The Labute approximate surface area is 104 Å². The molecule has 1 rings (SSSR count). The molecule has 100 valence electrons. The zero-order chi connectivity index (χ0) is 13.9. The highest BCUT2D eigenvalue weighted by Crippen LogP contribution is 2.20. The monoisotopic (exact) mass is 282 g/mol. The Hall–Kier alpha value is -1.64. The molecule has 0 aromatic carbocycles. The molecule has 1 heterocycles. The van der Waals surface area contributed by atoms with E-state index in [1.54, 1.807) is 6.92 Å². The molecule has 0 bridgehead atoms. The summed E-state index contributed by atoms with van der Waals surface area (Å²) in [7, 11) is 0. The number of aliphatic carboxylic acids is 1. The third-order valence-electron chi connectivity index (χ3n) is 1.82. The summed E-state index contributed by atoms with van der Waals surface area (Å²) >= 11 is 0.915. The number of aromatic nitrogens is 1. The van der Waals surface area contributed by atoms with Crippen LogP contribution in [0.5, 0.6) is 0 Å². The molecule has 1 N–H and O–H groups in total. The van der Waals surface area contributed by atoms with Gasteiger partial charge in [0.05, 0.1) is 11.2 Å². The number of carbonyl (C=O) groups is 2. The van der Waals surface area contributed by atoms with Crippen LogP contribution in [0, 0.1) is 6.92 Å². The summed E-state index contributed by atoms with van der Waals surface area (Å²) in [6.07, 6.45) is -3.52. The molecule has 1 aromatic heterocycles. The van der Waals surface area contributed by atoms with E-state index in [-0.39, 0.29) is 9.78 Å². The zero-order valence-electron chi connectivity index (χ0n) is 9.19. The van der Waals surface area contributed by atoms with Gasteiger partial charge >= 0.3 is 12.1 Å². The number of carboxylic acid groups (broad SMARTS) is 1. The molecule has 0 aliphatic heterocycles. The minimum absolute atomic E-state index is 0.0157. The van der Waals surface area contributed by atoms with Gasteiger partial charge in [0.1, 0.15) is 18.0 Å². The van der Waals surface area contributed by atoms with Crippen LogP contribution in [-0.4, -0.2) is 46.1 Å². The van der Waals surface area contributed by atoms with Crippen molar-refractivity contribution < 1.29 is 27.9 Å². The zero-order valence-corrected chi connectivity index (χ0v) is 10.0. The van der Waals surface area contributed by atoms with Gasteiger partial charge in [0, 0.05) is 0 Å². The third kappa shape index (κ3) is 4.32. The molecule has 0 aliphatic carbocycles. The maximum atomic E-state index is 12.2. The van der Waals surface area contributed by atoms with E-state index in [2.05, 4.69) is 4.98 Å². The second-order valence-electron chi connectivity index (χ2n) is 3.41. The molecule has 0 spiro atoms. The quantitative estimate of drug-likeness (QED) is 0.909. The lowest BCUT2D eigenvalue weighted by atomic mass is 10.4. The van der Waals surface area contributed by atoms with Gasteiger partial charge in [-0.1, -0.05) is 0 Å². The largest absolute Gasteiger partial charge is 0.480 e. The SMILES string of the molecule is Cc1ncc(C(=O)N(CC(=O)O)CC(F)(F)F)s1. The van der Waals surface area contributed by atoms with Crippen LogP contribution in [0.2, 0.25) is 0 Å². The summed E-state index contributed by atoms with van der Waals surface area (Å²) in [5.74, 6) is -2.49. The van der Waals surface area contributed by atoms with Gasteiger partial charge < -0.3 is 10.0 Å². The molecule has 0 fully saturated rings. The van der Waals surface area contributed by atoms with Crippen molar-refractivity contribution in [2.45, 2.75) is 13.1 Å². The number of halogens is 3. The molecule has 5 nitrogen and oxygen atoms in total. The lowest BCUT2D eigenvalue weighted by molar-refractivity contribution is -0.149. The molecule has 0 atom stereocenters. The molecule has 1 aromatic rings. The highest BCUT2D eigenvalue weighted by atomic mass is 32.1. The second-order valence-corrected chi connectivity index (χ2v) is 4.65. The molecule has 0 saturated carbocycles. The molecule has 0 radical (unpaired) electrons. The van der Waals surface area contributed by atoms with E-state index in [1.807, 2.05) is 0 Å². The lowest BCUT2D eigenvalue weighted by Crippen LogP contribution is -2.41. The van der Waals surface area contributed by atoms with Crippen LogP contribution in [0.1, 0.15) is 14.7 Å². The van der Waals surface area contributed by atoms with Gasteiger partial charge in [0.2, 0.25) is 0 Å². The fourth-order valence-electron chi connectivity index (χ4n) is 1.20. The predicted molar refractivity (Wildman–Crippen MR) is 56.4 cm³/mol. The Morgan fingerprint density at radius 2 is 2.11 bits per heavy atom. The number of thiazole rings is 1. The summed E-state index contributed by atoms with van der Waals surface area (Å²) in [4.78, 5) is 26.1. The van der Waals surface area contributed by atoms with E-state index >= 15 is 0 Å². The van der Waals surface area contributed by atoms with E-state index in [0.717, 1.165) is 17.5 Å². The Kier molecular flexibility index (Phi) is 4.28. The molecule has 1 amide bonds. The average molecular weight is 282 g/mol. The van der Waals surface area contributed by atoms with Gasteiger partial charge in [0.15, 0.2) is 0 Å². The van der Waals surface area contributed by atoms with Gasteiger partial charge in [0.25, 0.3) is 5.91 Å². The van der Waals surface area contributed by atoms with Gasteiger partial charge in [-0.2, -0.15) is 13.2 Å². The summed E-state index contributed by atoms with van der Waals surface area (Å²) in [5.41, 5.74) is 0. The van der Waals surface area contributed by atoms with Crippen molar-refractivity contribution in [1.29, 1.82) is 0 Å². The lowest BCUT2D eigenvalue weighted by Gasteiger charge is -2.21. The summed E-state index contributed by atoms with van der Waals surface area (Å²) in [6, 6.07) is 0. The first kappa shape index (κ1) is 14.4. The van der Waals surface area contributed by atoms with Gasteiger partial charge in [-0.05, 0) is 6.92 Å². The standard InChI is InChI=1S/C9H9F3N2O3S/c1-5-13-2-6(18-5)8(17)14(3-7(15)16)4-9(10,11)12/h2H,3-4H2,1H3,(H,15,16). The maximum Gasteiger partial charge on any atom is 0.406 e. The first-order valence-corrected chi connectivity index (χ1v) is 5.51. The van der Waals surface area contributed by atoms with E-state index in [1.165, 1.54) is 0 Å². The minimum atomic E-state index is -4.65. The van der Waals surface area contributed by atoms with Crippen molar-refractivity contribution in [2.24, 2.45) is 0 Å². The van der Waals surface area contributed by atoms with Crippen molar-refractivity contribution in [3.8, 4) is 0 Å². The first-order valence-electron chi connectivity index (χ1n) is 4.69. The van der Waals surface area contributed by atoms with Crippen LogP contribution in [0.15, 0.2) is 6.20 Å². The Morgan fingerprint density at radius 1 is 1.50 bits per heavy atom. The number of hydrogen-bond acceptors (Lipinski definition) is 4. The number of hydrogen-bond donors (Lipinski definition) is 1. The van der Waals surface area contributed by atoms with Crippen molar-refractivity contribution in [2.75, 3.05) is 13.1 Å². The summed E-state index contributed by atoms with van der Waals surface area (Å²) in [5, 5.41) is 9.02. The third-order valence-corrected chi connectivity index (χ3v) is 2.72. The van der Waals surface area contributed by atoms with Crippen LogP contribution >= 0.6 is 11.3 Å². The van der Waals surface area contributed by atoms with Crippen molar-refractivity contribution in [3.05, 3.63) is 16.1 Å². The van der Waals surface area contributed by atoms with Crippen LogP contribution in [0.25, 0.3) is 0 Å². The topological polar surface area (TPSA) is 70.5 Å². The van der Waals surface area contributed by atoms with Gasteiger partial charge in [-0.3, -0.25) is 9.59 Å². The van der Waals surface area contributed by atoms with Crippen LogP contribution in [-0.2, 0) is 4.79 Å². The van der Waals surface area contributed by atoms with E-state index in [0.29, 0.717) is 5.01 Å². The van der Waals surface area contributed by atoms with Crippen LogP contribution in [0.4, 0.5) is 13.2 Å². The van der Waals surface area contributed by atoms with Crippen molar-refractivity contribution in [1.82, 2.24) is 9.88 Å². The number of rotatable bonds is 4. The summed E-state index contributed by atoms with van der Waals surface area (Å²) < 4.78 is 36.7. The fourth-order valence-corrected chi connectivity index (χ4v) is 1.94. The Bertz CT molecular complexity index is 458. The smallest absolute Gasteiger partial charge is 0.406 e. The van der Waals surface area contributed by atoms with Crippen LogP contribution in [0.3, 0.4) is 0 Å². The molecule has 0 saturated heterocycles. The van der Waals surface area contributed by atoms with Crippen molar-refractivity contribution >= 4 is 23.2 Å². The molecule has 9 heteroatoms. The molecule has 18 heavy (non-hydrogen) atoms. The molecule has 0 aliphatic rings.